The highest BCUT2D eigenvalue weighted by atomic mass is 19.1. The summed E-state index contributed by atoms with van der Waals surface area (Å²) < 4.78 is 15.1. The first-order valence-electron chi connectivity index (χ1n) is 5.50. The number of aromatic nitrogens is 3. The minimum atomic E-state index is -1.15. The van der Waals surface area contributed by atoms with Crippen molar-refractivity contribution in [3.63, 3.8) is 0 Å². The highest BCUT2D eigenvalue weighted by molar-refractivity contribution is 5.86. The lowest BCUT2D eigenvalue weighted by molar-refractivity contribution is 0.0690. The molecule has 0 aliphatic rings. The van der Waals surface area contributed by atoms with Crippen molar-refractivity contribution in [2.24, 2.45) is 0 Å². The molecule has 0 saturated heterocycles. The van der Waals surface area contributed by atoms with Gasteiger partial charge in [-0.2, -0.15) is 5.10 Å². The van der Waals surface area contributed by atoms with Gasteiger partial charge in [0.05, 0.1) is 5.69 Å². The van der Waals surface area contributed by atoms with E-state index in [0.29, 0.717) is 16.9 Å². The first-order valence-corrected chi connectivity index (χ1v) is 5.50. The number of aromatic carboxylic acids is 1. The van der Waals surface area contributed by atoms with Gasteiger partial charge < -0.3 is 5.11 Å². The van der Waals surface area contributed by atoms with E-state index in [9.17, 15) is 9.18 Å². The van der Waals surface area contributed by atoms with Crippen molar-refractivity contribution >= 4 is 11.6 Å². The van der Waals surface area contributed by atoms with Crippen LogP contribution >= 0.6 is 0 Å². The van der Waals surface area contributed by atoms with E-state index in [0.717, 1.165) is 0 Å². The van der Waals surface area contributed by atoms with Crippen LogP contribution in [0.3, 0.4) is 0 Å². The molecule has 0 radical (unpaired) electrons. The number of hydrogen-bond donors (Lipinski definition) is 1. The summed E-state index contributed by atoms with van der Waals surface area (Å²) in [6.07, 6.45) is 1.49. The second kappa shape index (κ2) is 4.16. The van der Waals surface area contributed by atoms with Crippen LogP contribution < -0.4 is 0 Å². The summed E-state index contributed by atoms with van der Waals surface area (Å²) in [5.74, 6) is -1.55. The summed E-state index contributed by atoms with van der Waals surface area (Å²) in [7, 11) is 0. The first kappa shape index (κ1) is 11.3. The summed E-state index contributed by atoms with van der Waals surface area (Å²) >= 11 is 0. The molecule has 3 aromatic rings. The first-order chi connectivity index (χ1) is 9.16. The minimum Gasteiger partial charge on any atom is -0.476 e. The van der Waals surface area contributed by atoms with Gasteiger partial charge in [-0.1, -0.05) is 12.1 Å². The number of halogens is 1. The Morgan fingerprint density at radius 1 is 1.26 bits per heavy atom. The molecule has 19 heavy (non-hydrogen) atoms. The number of carbonyl (C=O) groups is 1. The van der Waals surface area contributed by atoms with Crippen LogP contribution in [-0.4, -0.2) is 25.7 Å². The maximum atomic E-state index is 13.8. The average molecular weight is 257 g/mol. The van der Waals surface area contributed by atoms with Gasteiger partial charge in [0.25, 0.3) is 0 Å². The van der Waals surface area contributed by atoms with E-state index < -0.39 is 11.8 Å². The quantitative estimate of drug-likeness (QED) is 0.764. The molecule has 0 bridgehead atoms. The van der Waals surface area contributed by atoms with Crippen molar-refractivity contribution in [1.29, 1.82) is 0 Å². The SMILES string of the molecule is O=C(O)c1cc2nccc(-c3ccccc3F)n2n1. The van der Waals surface area contributed by atoms with E-state index in [4.69, 9.17) is 5.11 Å². The van der Waals surface area contributed by atoms with Gasteiger partial charge in [-0.25, -0.2) is 18.7 Å². The van der Waals surface area contributed by atoms with Crippen molar-refractivity contribution in [1.82, 2.24) is 14.6 Å². The molecule has 2 aromatic heterocycles. The van der Waals surface area contributed by atoms with Crippen LogP contribution in [0, 0.1) is 5.82 Å². The molecule has 0 fully saturated rings. The van der Waals surface area contributed by atoms with E-state index >= 15 is 0 Å². The zero-order valence-corrected chi connectivity index (χ0v) is 9.62. The van der Waals surface area contributed by atoms with Crippen molar-refractivity contribution in [3.05, 3.63) is 54.1 Å². The van der Waals surface area contributed by atoms with E-state index in [1.165, 1.54) is 22.8 Å². The van der Waals surface area contributed by atoms with Crippen molar-refractivity contribution in [2.45, 2.75) is 0 Å². The lowest BCUT2D eigenvalue weighted by Crippen LogP contribution is -2.00. The Bertz CT molecular complexity index is 782. The Labute approximate surface area is 107 Å². The molecule has 0 unspecified atom stereocenters. The summed E-state index contributed by atoms with van der Waals surface area (Å²) in [5.41, 5.74) is 1.03. The summed E-state index contributed by atoms with van der Waals surface area (Å²) in [5, 5.41) is 12.8. The van der Waals surface area contributed by atoms with Crippen LogP contribution in [-0.2, 0) is 0 Å². The predicted molar refractivity (Wildman–Crippen MR) is 65.3 cm³/mol. The molecule has 0 aliphatic carbocycles. The third-order valence-electron chi connectivity index (χ3n) is 2.73. The number of fused-ring (bicyclic) bond motifs is 1. The molecule has 0 atom stereocenters. The Morgan fingerprint density at radius 3 is 2.79 bits per heavy atom. The normalized spacial score (nSPS) is 10.8. The molecule has 0 amide bonds. The van der Waals surface area contributed by atoms with Gasteiger partial charge in [0.2, 0.25) is 0 Å². The molecule has 0 aliphatic heterocycles. The maximum absolute atomic E-state index is 13.8. The summed E-state index contributed by atoms with van der Waals surface area (Å²) in [4.78, 5) is 14.9. The molecule has 5 nitrogen and oxygen atoms in total. The smallest absolute Gasteiger partial charge is 0.356 e. The Hall–Kier alpha value is -2.76. The van der Waals surface area contributed by atoms with Crippen LogP contribution in [0.1, 0.15) is 10.5 Å². The molecule has 2 heterocycles. The second-order valence-corrected chi connectivity index (χ2v) is 3.91. The van der Waals surface area contributed by atoms with E-state index in [1.54, 1.807) is 24.3 Å². The van der Waals surface area contributed by atoms with Gasteiger partial charge in [-0.3, -0.25) is 0 Å². The standard InChI is InChI=1S/C13H8FN3O2/c14-9-4-2-1-3-8(9)11-5-6-15-12-7-10(13(18)19)16-17(11)12/h1-7H,(H,18,19). The second-order valence-electron chi connectivity index (χ2n) is 3.91. The van der Waals surface area contributed by atoms with Gasteiger partial charge in [0.15, 0.2) is 11.3 Å². The highest BCUT2D eigenvalue weighted by Crippen LogP contribution is 2.22. The molecular formula is C13H8FN3O2. The molecule has 0 spiro atoms. The molecule has 1 N–H and O–H groups in total. The van der Waals surface area contributed by atoms with Crippen molar-refractivity contribution in [3.8, 4) is 11.3 Å². The fourth-order valence-electron chi connectivity index (χ4n) is 1.87. The average Bonchev–Trinajstić information content (AvgIpc) is 2.83. The van der Waals surface area contributed by atoms with Gasteiger partial charge in [-0.15, -0.1) is 0 Å². The van der Waals surface area contributed by atoms with Crippen molar-refractivity contribution in [2.75, 3.05) is 0 Å². The Morgan fingerprint density at radius 2 is 2.05 bits per heavy atom. The van der Waals surface area contributed by atoms with Crippen LogP contribution in [0.5, 0.6) is 0 Å². The predicted octanol–water partition coefficient (Wildman–Crippen LogP) is 2.23. The zero-order chi connectivity index (χ0) is 13.4. The van der Waals surface area contributed by atoms with Crippen molar-refractivity contribution < 1.29 is 14.3 Å². The van der Waals surface area contributed by atoms with E-state index in [-0.39, 0.29) is 5.69 Å². The summed E-state index contributed by atoms with van der Waals surface area (Å²) in [6.45, 7) is 0. The van der Waals surface area contributed by atoms with Crippen LogP contribution in [0.2, 0.25) is 0 Å². The number of hydrogen-bond acceptors (Lipinski definition) is 3. The number of rotatable bonds is 2. The molecule has 94 valence electrons. The zero-order valence-electron chi connectivity index (χ0n) is 9.62. The molecule has 6 heteroatoms. The fourth-order valence-corrected chi connectivity index (χ4v) is 1.87. The van der Waals surface area contributed by atoms with Gasteiger partial charge in [-0.05, 0) is 18.2 Å². The van der Waals surface area contributed by atoms with Gasteiger partial charge in [0, 0.05) is 17.8 Å². The highest BCUT2D eigenvalue weighted by Gasteiger charge is 2.14. The number of benzene rings is 1. The Balaban J connectivity index is 2.30. The largest absolute Gasteiger partial charge is 0.476 e. The maximum Gasteiger partial charge on any atom is 0.356 e. The number of carboxylic acid groups (broad SMARTS) is 1. The monoisotopic (exact) mass is 257 g/mol. The van der Waals surface area contributed by atoms with Crippen LogP contribution in [0.25, 0.3) is 16.9 Å². The van der Waals surface area contributed by atoms with Crippen LogP contribution in [0.15, 0.2) is 42.6 Å². The van der Waals surface area contributed by atoms with Gasteiger partial charge >= 0.3 is 5.97 Å². The fraction of sp³-hybridized carbons (Fsp3) is 0. The third kappa shape index (κ3) is 1.83. The topological polar surface area (TPSA) is 67.5 Å². The molecule has 3 rings (SSSR count). The molecular weight excluding hydrogens is 249 g/mol. The number of carboxylic acids is 1. The van der Waals surface area contributed by atoms with Crippen LogP contribution in [0.4, 0.5) is 4.39 Å². The van der Waals surface area contributed by atoms with Gasteiger partial charge in [0.1, 0.15) is 5.82 Å². The lowest BCUT2D eigenvalue weighted by atomic mass is 10.1. The summed E-state index contributed by atoms with van der Waals surface area (Å²) in [6, 6.07) is 9.15. The Kier molecular flexibility index (Phi) is 2.49. The minimum absolute atomic E-state index is 0.128. The number of nitrogens with zero attached hydrogens (tertiary/aromatic N) is 3. The van der Waals surface area contributed by atoms with E-state index in [2.05, 4.69) is 10.1 Å². The lowest BCUT2D eigenvalue weighted by Gasteiger charge is -2.05. The molecule has 1 aromatic carbocycles. The van der Waals surface area contributed by atoms with E-state index in [1.807, 2.05) is 0 Å². The third-order valence-corrected chi connectivity index (χ3v) is 2.73. The molecule has 0 saturated carbocycles.